The molecule has 15 heavy (non-hydrogen) atoms. The predicted molar refractivity (Wildman–Crippen MR) is 57.4 cm³/mol. The van der Waals surface area contributed by atoms with Crippen molar-refractivity contribution in [3.63, 3.8) is 0 Å². The number of rotatable bonds is 8. The average molecular weight is 218 g/mol. The Morgan fingerprint density at radius 3 is 2.47 bits per heavy atom. The SMILES string of the molecule is CCCCC[C@@H](O)C[C@H](O)CC(=O)OC. The number of carbonyl (C=O) groups is 1. The Hall–Kier alpha value is -0.610. The van der Waals surface area contributed by atoms with Crippen molar-refractivity contribution < 1.29 is 19.7 Å². The van der Waals surface area contributed by atoms with Gasteiger partial charge in [-0.2, -0.15) is 0 Å². The van der Waals surface area contributed by atoms with Crippen molar-refractivity contribution in [2.24, 2.45) is 0 Å². The van der Waals surface area contributed by atoms with Crippen LogP contribution in [0, 0.1) is 0 Å². The minimum absolute atomic E-state index is 0.0403. The van der Waals surface area contributed by atoms with E-state index in [1.54, 1.807) is 0 Å². The summed E-state index contributed by atoms with van der Waals surface area (Å²) in [6.45, 7) is 2.10. The number of carbonyl (C=O) groups excluding carboxylic acids is 1. The van der Waals surface area contributed by atoms with Crippen molar-refractivity contribution in [3.05, 3.63) is 0 Å². The monoisotopic (exact) mass is 218 g/mol. The van der Waals surface area contributed by atoms with Crippen LogP contribution in [0.1, 0.15) is 45.4 Å². The Bertz CT molecular complexity index is 170. The van der Waals surface area contributed by atoms with Crippen LogP contribution in [0.15, 0.2) is 0 Å². The van der Waals surface area contributed by atoms with E-state index in [0.717, 1.165) is 19.3 Å². The fourth-order valence-corrected chi connectivity index (χ4v) is 1.42. The molecule has 0 aliphatic heterocycles. The van der Waals surface area contributed by atoms with Gasteiger partial charge in [-0.25, -0.2) is 0 Å². The van der Waals surface area contributed by atoms with E-state index < -0.39 is 18.2 Å². The number of unbranched alkanes of at least 4 members (excludes halogenated alkanes) is 2. The van der Waals surface area contributed by atoms with Crippen molar-refractivity contribution in [2.45, 2.75) is 57.7 Å². The Morgan fingerprint density at radius 1 is 1.27 bits per heavy atom. The van der Waals surface area contributed by atoms with E-state index in [-0.39, 0.29) is 12.8 Å². The van der Waals surface area contributed by atoms with Crippen LogP contribution in [0.5, 0.6) is 0 Å². The molecule has 0 saturated carbocycles. The third-order valence-electron chi connectivity index (χ3n) is 2.32. The van der Waals surface area contributed by atoms with E-state index in [2.05, 4.69) is 11.7 Å². The zero-order chi connectivity index (χ0) is 11.7. The van der Waals surface area contributed by atoms with Crippen LogP contribution in [0.4, 0.5) is 0 Å². The molecular formula is C11H22O4. The van der Waals surface area contributed by atoms with Gasteiger partial charge in [-0.3, -0.25) is 4.79 Å². The number of ether oxygens (including phenoxy) is 1. The average Bonchev–Trinajstić information content (AvgIpc) is 2.17. The van der Waals surface area contributed by atoms with Crippen molar-refractivity contribution in [1.29, 1.82) is 0 Å². The van der Waals surface area contributed by atoms with Crippen molar-refractivity contribution >= 4 is 5.97 Å². The van der Waals surface area contributed by atoms with Gasteiger partial charge >= 0.3 is 5.97 Å². The van der Waals surface area contributed by atoms with E-state index >= 15 is 0 Å². The smallest absolute Gasteiger partial charge is 0.308 e. The summed E-state index contributed by atoms with van der Waals surface area (Å²) in [4.78, 5) is 10.8. The van der Waals surface area contributed by atoms with Gasteiger partial charge in [0.15, 0.2) is 0 Å². The molecule has 0 unspecified atom stereocenters. The molecule has 0 amide bonds. The predicted octanol–water partition coefficient (Wildman–Crippen LogP) is 1.24. The van der Waals surface area contributed by atoms with Gasteiger partial charge in [-0.1, -0.05) is 26.2 Å². The Morgan fingerprint density at radius 2 is 1.93 bits per heavy atom. The number of aliphatic hydroxyl groups excluding tert-OH is 2. The highest BCUT2D eigenvalue weighted by molar-refractivity contribution is 5.69. The van der Waals surface area contributed by atoms with E-state index in [9.17, 15) is 15.0 Å². The van der Waals surface area contributed by atoms with Crippen molar-refractivity contribution in [3.8, 4) is 0 Å². The molecule has 0 aromatic rings. The fourth-order valence-electron chi connectivity index (χ4n) is 1.42. The highest BCUT2D eigenvalue weighted by Crippen LogP contribution is 2.10. The first-order valence-corrected chi connectivity index (χ1v) is 5.53. The van der Waals surface area contributed by atoms with Gasteiger partial charge < -0.3 is 14.9 Å². The lowest BCUT2D eigenvalue weighted by Gasteiger charge is -2.14. The molecule has 0 radical (unpaired) electrons. The van der Waals surface area contributed by atoms with Crippen LogP contribution < -0.4 is 0 Å². The topological polar surface area (TPSA) is 66.8 Å². The summed E-state index contributed by atoms with van der Waals surface area (Å²) in [5, 5.41) is 18.9. The molecule has 0 saturated heterocycles. The molecule has 2 atom stereocenters. The number of esters is 1. The molecule has 0 fully saturated rings. The van der Waals surface area contributed by atoms with Gasteiger partial charge in [-0.15, -0.1) is 0 Å². The molecular weight excluding hydrogens is 196 g/mol. The molecule has 0 rings (SSSR count). The second kappa shape index (κ2) is 8.68. The second-order valence-electron chi connectivity index (χ2n) is 3.82. The zero-order valence-electron chi connectivity index (χ0n) is 9.61. The first-order valence-electron chi connectivity index (χ1n) is 5.53. The third kappa shape index (κ3) is 8.39. The zero-order valence-corrected chi connectivity index (χ0v) is 9.61. The van der Waals surface area contributed by atoms with Gasteiger partial charge in [0.1, 0.15) is 0 Å². The number of hydrogen-bond acceptors (Lipinski definition) is 4. The molecule has 0 bridgehead atoms. The first kappa shape index (κ1) is 14.4. The van der Waals surface area contributed by atoms with Gasteiger partial charge in [0.05, 0.1) is 25.7 Å². The van der Waals surface area contributed by atoms with Crippen LogP contribution >= 0.6 is 0 Å². The third-order valence-corrected chi connectivity index (χ3v) is 2.32. The number of hydrogen-bond donors (Lipinski definition) is 2. The Kier molecular flexibility index (Phi) is 8.33. The molecule has 0 aliphatic carbocycles. The highest BCUT2D eigenvalue weighted by Gasteiger charge is 2.15. The summed E-state index contributed by atoms with van der Waals surface area (Å²) in [6, 6.07) is 0. The van der Waals surface area contributed by atoms with Crippen molar-refractivity contribution in [1.82, 2.24) is 0 Å². The van der Waals surface area contributed by atoms with E-state index in [4.69, 9.17) is 0 Å². The normalized spacial score (nSPS) is 14.7. The van der Waals surface area contributed by atoms with Crippen molar-refractivity contribution in [2.75, 3.05) is 7.11 Å². The summed E-state index contributed by atoms with van der Waals surface area (Å²) in [6.07, 6.45) is 2.74. The maximum absolute atomic E-state index is 10.8. The first-order chi connectivity index (χ1) is 7.10. The lowest BCUT2D eigenvalue weighted by Crippen LogP contribution is -2.21. The van der Waals surface area contributed by atoms with Crippen LogP contribution in [0.25, 0.3) is 0 Å². The summed E-state index contributed by atoms with van der Waals surface area (Å²) < 4.78 is 4.42. The fraction of sp³-hybridized carbons (Fsp3) is 0.909. The lowest BCUT2D eigenvalue weighted by molar-refractivity contribution is -0.143. The summed E-state index contributed by atoms with van der Waals surface area (Å²) in [5.74, 6) is -0.441. The molecule has 0 aliphatic rings. The van der Waals surface area contributed by atoms with E-state index in [0.29, 0.717) is 6.42 Å². The molecule has 4 heteroatoms. The Balaban J connectivity index is 3.56. The summed E-state index contributed by atoms with van der Waals surface area (Å²) >= 11 is 0. The molecule has 0 aromatic carbocycles. The van der Waals surface area contributed by atoms with Gasteiger partial charge in [0.25, 0.3) is 0 Å². The quantitative estimate of drug-likeness (QED) is 0.475. The molecule has 4 nitrogen and oxygen atoms in total. The van der Waals surface area contributed by atoms with Gasteiger partial charge in [0.2, 0.25) is 0 Å². The lowest BCUT2D eigenvalue weighted by atomic mass is 10.0. The number of methoxy groups -OCH3 is 1. The molecule has 0 spiro atoms. The highest BCUT2D eigenvalue weighted by atomic mass is 16.5. The summed E-state index contributed by atoms with van der Waals surface area (Å²) in [7, 11) is 1.28. The molecule has 90 valence electrons. The second-order valence-corrected chi connectivity index (χ2v) is 3.82. The minimum Gasteiger partial charge on any atom is -0.469 e. The van der Waals surface area contributed by atoms with Gasteiger partial charge in [0, 0.05) is 0 Å². The standard InChI is InChI=1S/C11H22O4/c1-3-4-5-6-9(12)7-10(13)8-11(14)15-2/h9-10,12-13H,3-8H2,1-2H3/t9-,10+/m1/s1. The maximum Gasteiger partial charge on any atom is 0.308 e. The summed E-state index contributed by atoms with van der Waals surface area (Å²) in [5.41, 5.74) is 0. The van der Waals surface area contributed by atoms with E-state index in [1.165, 1.54) is 7.11 Å². The molecule has 0 aromatic heterocycles. The van der Waals surface area contributed by atoms with Crippen LogP contribution in [-0.4, -0.2) is 35.5 Å². The Labute approximate surface area is 91.3 Å². The van der Waals surface area contributed by atoms with Gasteiger partial charge in [-0.05, 0) is 12.8 Å². The maximum atomic E-state index is 10.8. The molecule has 2 N–H and O–H groups in total. The largest absolute Gasteiger partial charge is 0.469 e. The molecule has 0 heterocycles. The van der Waals surface area contributed by atoms with E-state index in [1.807, 2.05) is 0 Å². The number of aliphatic hydroxyl groups is 2. The minimum atomic E-state index is -0.797. The van der Waals surface area contributed by atoms with Crippen LogP contribution in [0.3, 0.4) is 0 Å². The van der Waals surface area contributed by atoms with Crippen LogP contribution in [0.2, 0.25) is 0 Å². The van der Waals surface area contributed by atoms with Crippen LogP contribution in [-0.2, 0) is 9.53 Å².